The van der Waals surface area contributed by atoms with E-state index in [0.29, 0.717) is 32.2 Å². The molecule has 146 valence electrons. The number of aliphatic carboxylic acids is 1. The quantitative estimate of drug-likeness (QED) is 0.315. The van der Waals surface area contributed by atoms with E-state index in [-0.39, 0.29) is 11.8 Å². The standard InChI is InChI=1S/C17H34N4O4/c1-10(2)9-12(19)15(22)20-13(7-5-6-8-18)16(23)21-14(11(3)4)17(24)25/h10-14H,5-9,18-19H2,1-4H3,(H,20,22)(H,21,23)(H,24,25)/t12-,13-,14-/m0/s1. The number of nitrogens with one attached hydrogen (secondary N) is 2. The number of carbonyl (C=O) groups is 3. The van der Waals surface area contributed by atoms with Crippen molar-refractivity contribution in [1.82, 2.24) is 10.6 Å². The van der Waals surface area contributed by atoms with Crippen LogP contribution in [0, 0.1) is 11.8 Å². The zero-order valence-electron chi connectivity index (χ0n) is 15.7. The van der Waals surface area contributed by atoms with Crippen molar-refractivity contribution in [2.24, 2.45) is 23.3 Å². The molecule has 3 atom stereocenters. The fourth-order valence-electron chi connectivity index (χ4n) is 2.42. The van der Waals surface area contributed by atoms with Gasteiger partial charge in [0.25, 0.3) is 0 Å². The molecular formula is C17H34N4O4. The van der Waals surface area contributed by atoms with Crippen molar-refractivity contribution in [3.05, 3.63) is 0 Å². The van der Waals surface area contributed by atoms with Gasteiger partial charge in [-0.25, -0.2) is 4.79 Å². The first-order valence-corrected chi connectivity index (χ1v) is 8.89. The molecule has 0 spiro atoms. The Bertz CT molecular complexity index is 440. The highest BCUT2D eigenvalue weighted by Crippen LogP contribution is 2.07. The number of carboxylic acid groups (broad SMARTS) is 1. The molecular weight excluding hydrogens is 324 g/mol. The summed E-state index contributed by atoms with van der Waals surface area (Å²) in [6.07, 6.45) is 2.25. The second kappa shape index (κ2) is 11.8. The summed E-state index contributed by atoms with van der Waals surface area (Å²) in [5.74, 6) is -2.04. The Labute approximate surface area is 150 Å². The van der Waals surface area contributed by atoms with Crippen molar-refractivity contribution in [3.8, 4) is 0 Å². The van der Waals surface area contributed by atoms with Crippen molar-refractivity contribution in [2.45, 2.75) is 71.5 Å². The molecule has 0 aliphatic heterocycles. The van der Waals surface area contributed by atoms with Gasteiger partial charge in [-0.1, -0.05) is 27.7 Å². The third-order valence-electron chi connectivity index (χ3n) is 3.87. The highest BCUT2D eigenvalue weighted by molar-refractivity contribution is 5.91. The lowest BCUT2D eigenvalue weighted by molar-refractivity contribution is -0.143. The number of unbranched alkanes of at least 4 members (excludes halogenated alkanes) is 1. The molecule has 0 unspecified atom stereocenters. The third kappa shape index (κ3) is 9.40. The van der Waals surface area contributed by atoms with E-state index >= 15 is 0 Å². The van der Waals surface area contributed by atoms with Crippen LogP contribution < -0.4 is 22.1 Å². The Morgan fingerprint density at radius 1 is 1.00 bits per heavy atom. The lowest BCUT2D eigenvalue weighted by atomic mass is 10.0. The van der Waals surface area contributed by atoms with Gasteiger partial charge in [0.1, 0.15) is 12.1 Å². The van der Waals surface area contributed by atoms with Crippen LogP contribution >= 0.6 is 0 Å². The summed E-state index contributed by atoms with van der Waals surface area (Å²) in [5.41, 5.74) is 11.3. The van der Waals surface area contributed by atoms with Crippen LogP contribution in [0.2, 0.25) is 0 Å². The number of hydrogen-bond donors (Lipinski definition) is 5. The molecule has 0 saturated carbocycles. The van der Waals surface area contributed by atoms with Crippen LogP contribution in [0.25, 0.3) is 0 Å². The maximum Gasteiger partial charge on any atom is 0.326 e. The molecule has 25 heavy (non-hydrogen) atoms. The Morgan fingerprint density at radius 3 is 2.04 bits per heavy atom. The predicted octanol–water partition coefficient (Wildman–Crippen LogP) is 0.199. The van der Waals surface area contributed by atoms with Gasteiger partial charge >= 0.3 is 5.97 Å². The number of nitrogens with two attached hydrogens (primary N) is 2. The molecule has 7 N–H and O–H groups in total. The molecule has 0 fully saturated rings. The van der Waals surface area contributed by atoms with E-state index in [2.05, 4.69) is 10.6 Å². The molecule has 0 aromatic carbocycles. The van der Waals surface area contributed by atoms with E-state index in [0.717, 1.165) is 0 Å². The van der Waals surface area contributed by atoms with Crippen molar-refractivity contribution in [2.75, 3.05) is 6.54 Å². The first-order chi connectivity index (χ1) is 11.6. The zero-order valence-corrected chi connectivity index (χ0v) is 15.7. The fraction of sp³-hybridized carbons (Fsp3) is 0.824. The van der Waals surface area contributed by atoms with Gasteiger partial charge in [-0.15, -0.1) is 0 Å². The van der Waals surface area contributed by atoms with Gasteiger partial charge < -0.3 is 27.2 Å². The van der Waals surface area contributed by atoms with E-state index in [1.54, 1.807) is 13.8 Å². The van der Waals surface area contributed by atoms with Gasteiger partial charge in [0, 0.05) is 0 Å². The lowest BCUT2D eigenvalue weighted by Crippen LogP contribution is -2.55. The molecule has 0 aliphatic rings. The van der Waals surface area contributed by atoms with Crippen molar-refractivity contribution < 1.29 is 19.5 Å². The smallest absolute Gasteiger partial charge is 0.326 e. The normalized spacial score (nSPS) is 14.9. The van der Waals surface area contributed by atoms with Crippen LogP contribution in [-0.2, 0) is 14.4 Å². The van der Waals surface area contributed by atoms with E-state index < -0.39 is 35.9 Å². The second-order valence-corrected chi connectivity index (χ2v) is 7.15. The summed E-state index contributed by atoms with van der Waals surface area (Å²) in [5, 5.41) is 14.4. The molecule has 0 aliphatic carbocycles. The minimum Gasteiger partial charge on any atom is -0.480 e. The Morgan fingerprint density at radius 2 is 1.60 bits per heavy atom. The number of amides is 2. The minimum atomic E-state index is -1.10. The van der Waals surface area contributed by atoms with Crippen LogP contribution in [0.1, 0.15) is 53.4 Å². The topological polar surface area (TPSA) is 148 Å². The van der Waals surface area contributed by atoms with Crippen molar-refractivity contribution in [1.29, 1.82) is 0 Å². The third-order valence-corrected chi connectivity index (χ3v) is 3.87. The fourth-order valence-corrected chi connectivity index (χ4v) is 2.42. The molecule has 0 aromatic rings. The summed E-state index contributed by atoms with van der Waals surface area (Å²) in [4.78, 5) is 36.0. The van der Waals surface area contributed by atoms with E-state index in [4.69, 9.17) is 11.5 Å². The molecule has 0 rings (SSSR count). The van der Waals surface area contributed by atoms with Gasteiger partial charge in [-0.05, 0) is 44.1 Å². The van der Waals surface area contributed by atoms with Gasteiger partial charge in [-0.2, -0.15) is 0 Å². The monoisotopic (exact) mass is 358 g/mol. The lowest BCUT2D eigenvalue weighted by Gasteiger charge is -2.24. The Balaban J connectivity index is 4.98. The van der Waals surface area contributed by atoms with Crippen LogP contribution in [0.5, 0.6) is 0 Å². The Hall–Kier alpha value is -1.67. The van der Waals surface area contributed by atoms with Crippen LogP contribution in [0.15, 0.2) is 0 Å². The SMILES string of the molecule is CC(C)C[C@H](N)C(=O)N[C@@H](CCCCN)C(=O)N[C@H](C(=O)O)C(C)C. The first kappa shape index (κ1) is 23.3. The van der Waals surface area contributed by atoms with Gasteiger partial charge in [0.15, 0.2) is 0 Å². The largest absolute Gasteiger partial charge is 0.480 e. The number of carboxylic acids is 1. The molecule has 0 saturated heterocycles. The molecule has 8 heteroatoms. The van der Waals surface area contributed by atoms with Crippen LogP contribution in [0.4, 0.5) is 0 Å². The zero-order chi connectivity index (χ0) is 19.6. The predicted molar refractivity (Wildman–Crippen MR) is 96.7 cm³/mol. The molecule has 0 radical (unpaired) electrons. The van der Waals surface area contributed by atoms with Gasteiger partial charge in [0.2, 0.25) is 11.8 Å². The molecule has 0 bridgehead atoms. The number of rotatable bonds is 12. The van der Waals surface area contributed by atoms with Crippen LogP contribution in [0.3, 0.4) is 0 Å². The van der Waals surface area contributed by atoms with E-state index in [9.17, 15) is 19.5 Å². The molecule has 8 nitrogen and oxygen atoms in total. The molecule has 2 amide bonds. The maximum atomic E-state index is 12.5. The van der Waals surface area contributed by atoms with Gasteiger partial charge in [0.05, 0.1) is 6.04 Å². The summed E-state index contributed by atoms with van der Waals surface area (Å²) >= 11 is 0. The second-order valence-electron chi connectivity index (χ2n) is 7.15. The average Bonchev–Trinajstić information content (AvgIpc) is 2.49. The highest BCUT2D eigenvalue weighted by atomic mass is 16.4. The first-order valence-electron chi connectivity index (χ1n) is 8.89. The highest BCUT2D eigenvalue weighted by Gasteiger charge is 2.29. The average molecular weight is 358 g/mol. The van der Waals surface area contributed by atoms with Crippen molar-refractivity contribution in [3.63, 3.8) is 0 Å². The summed E-state index contributed by atoms with van der Waals surface area (Å²) in [7, 11) is 0. The van der Waals surface area contributed by atoms with E-state index in [1.807, 2.05) is 13.8 Å². The Kier molecular flexibility index (Phi) is 11.0. The molecule has 0 heterocycles. The van der Waals surface area contributed by atoms with Gasteiger partial charge in [-0.3, -0.25) is 9.59 Å². The summed E-state index contributed by atoms with van der Waals surface area (Å²) in [6, 6.07) is -2.53. The maximum absolute atomic E-state index is 12.5. The number of hydrogen-bond acceptors (Lipinski definition) is 5. The van der Waals surface area contributed by atoms with Crippen LogP contribution in [-0.4, -0.2) is 47.6 Å². The minimum absolute atomic E-state index is 0.252. The summed E-state index contributed by atoms with van der Waals surface area (Å²) < 4.78 is 0. The number of carbonyl (C=O) groups excluding carboxylic acids is 2. The van der Waals surface area contributed by atoms with E-state index in [1.165, 1.54) is 0 Å². The molecule has 0 aromatic heterocycles. The summed E-state index contributed by atoms with van der Waals surface area (Å²) in [6.45, 7) is 7.81. The van der Waals surface area contributed by atoms with Crippen molar-refractivity contribution >= 4 is 17.8 Å².